The van der Waals surface area contributed by atoms with Gasteiger partial charge in [-0.2, -0.15) is 0 Å². The van der Waals surface area contributed by atoms with Crippen molar-refractivity contribution in [2.24, 2.45) is 10.7 Å². The smallest absolute Gasteiger partial charge is 0.158 e. The second-order valence-corrected chi connectivity index (χ2v) is 2.96. The molecule has 0 radical (unpaired) electrons. The third kappa shape index (κ3) is 3.14. The van der Waals surface area contributed by atoms with Crippen LogP contribution in [0.15, 0.2) is 23.2 Å². The summed E-state index contributed by atoms with van der Waals surface area (Å²) in [5.74, 6) is -0.0804. The van der Waals surface area contributed by atoms with Crippen LogP contribution in [0.3, 0.4) is 0 Å². The van der Waals surface area contributed by atoms with Gasteiger partial charge in [-0.25, -0.2) is 0 Å². The highest BCUT2D eigenvalue weighted by Gasteiger charge is 2.03. The second kappa shape index (κ2) is 5.21. The van der Waals surface area contributed by atoms with Crippen molar-refractivity contribution in [3.63, 3.8) is 0 Å². The predicted octanol–water partition coefficient (Wildman–Crippen LogP) is 0.450. The SMILES string of the molecule is COCCN=C(N)c1ccc(O)c(O)c1. The van der Waals surface area contributed by atoms with Gasteiger partial charge in [-0.3, -0.25) is 4.99 Å². The standard InChI is InChI=1S/C10H14N2O3/c1-15-5-4-12-10(11)7-2-3-8(13)9(14)6-7/h2-3,6,13-14H,4-5H2,1H3,(H2,11,12). The van der Waals surface area contributed by atoms with Crippen LogP contribution in [0.25, 0.3) is 0 Å². The molecule has 82 valence electrons. The summed E-state index contributed by atoms with van der Waals surface area (Å²) in [4.78, 5) is 4.03. The number of aliphatic imine (C=N–C) groups is 1. The summed E-state index contributed by atoms with van der Waals surface area (Å²) in [5, 5.41) is 18.3. The molecule has 0 aliphatic rings. The second-order valence-electron chi connectivity index (χ2n) is 2.96. The van der Waals surface area contributed by atoms with E-state index in [0.29, 0.717) is 24.6 Å². The van der Waals surface area contributed by atoms with Crippen molar-refractivity contribution in [2.45, 2.75) is 0 Å². The Balaban J connectivity index is 2.77. The van der Waals surface area contributed by atoms with Gasteiger partial charge in [0, 0.05) is 12.7 Å². The first-order valence-electron chi connectivity index (χ1n) is 4.46. The van der Waals surface area contributed by atoms with Crippen molar-refractivity contribution in [3.8, 4) is 11.5 Å². The van der Waals surface area contributed by atoms with Gasteiger partial charge in [-0.15, -0.1) is 0 Å². The average Bonchev–Trinajstić information content (AvgIpc) is 2.22. The van der Waals surface area contributed by atoms with Crippen LogP contribution < -0.4 is 5.73 Å². The van der Waals surface area contributed by atoms with E-state index in [2.05, 4.69) is 4.99 Å². The molecule has 4 N–H and O–H groups in total. The number of amidine groups is 1. The summed E-state index contributed by atoms with van der Waals surface area (Å²) >= 11 is 0. The molecule has 5 nitrogen and oxygen atoms in total. The fraction of sp³-hybridized carbons (Fsp3) is 0.300. The first-order valence-corrected chi connectivity index (χ1v) is 4.46. The third-order valence-electron chi connectivity index (χ3n) is 1.85. The minimum absolute atomic E-state index is 0.177. The molecule has 0 saturated carbocycles. The zero-order valence-corrected chi connectivity index (χ0v) is 8.47. The Morgan fingerprint density at radius 1 is 1.40 bits per heavy atom. The maximum atomic E-state index is 9.24. The molecule has 0 aliphatic carbocycles. The van der Waals surface area contributed by atoms with Crippen molar-refractivity contribution in [3.05, 3.63) is 23.8 Å². The van der Waals surface area contributed by atoms with Crippen LogP contribution in [-0.4, -0.2) is 36.3 Å². The molecule has 1 aromatic carbocycles. The van der Waals surface area contributed by atoms with Crippen LogP contribution >= 0.6 is 0 Å². The molecule has 0 spiro atoms. The number of aromatic hydroxyl groups is 2. The van der Waals surface area contributed by atoms with E-state index in [0.717, 1.165) is 0 Å². The molecule has 15 heavy (non-hydrogen) atoms. The molecule has 1 rings (SSSR count). The van der Waals surface area contributed by atoms with Gasteiger partial charge < -0.3 is 20.7 Å². The Morgan fingerprint density at radius 3 is 2.73 bits per heavy atom. The Kier molecular flexibility index (Phi) is 3.93. The summed E-state index contributed by atoms with van der Waals surface area (Å²) in [5.41, 5.74) is 6.23. The van der Waals surface area contributed by atoms with Gasteiger partial charge in [0.15, 0.2) is 11.5 Å². The number of ether oxygens (including phenoxy) is 1. The number of phenols is 2. The first kappa shape index (κ1) is 11.3. The number of phenolic OH excluding ortho intramolecular Hbond substituents is 2. The first-order chi connectivity index (χ1) is 7.15. The highest BCUT2D eigenvalue weighted by atomic mass is 16.5. The molecule has 0 unspecified atom stereocenters. The van der Waals surface area contributed by atoms with Crippen molar-refractivity contribution in [1.29, 1.82) is 0 Å². The maximum Gasteiger partial charge on any atom is 0.158 e. The van der Waals surface area contributed by atoms with Gasteiger partial charge in [0.25, 0.3) is 0 Å². The normalized spacial score (nSPS) is 11.7. The van der Waals surface area contributed by atoms with Crippen molar-refractivity contribution >= 4 is 5.84 Å². The lowest BCUT2D eigenvalue weighted by molar-refractivity contribution is 0.208. The minimum atomic E-state index is -0.211. The zero-order valence-electron chi connectivity index (χ0n) is 8.47. The Morgan fingerprint density at radius 2 is 2.13 bits per heavy atom. The largest absolute Gasteiger partial charge is 0.504 e. The fourth-order valence-electron chi connectivity index (χ4n) is 1.03. The van der Waals surface area contributed by atoms with Gasteiger partial charge in [0.2, 0.25) is 0 Å². The van der Waals surface area contributed by atoms with Crippen molar-refractivity contribution in [1.82, 2.24) is 0 Å². The van der Waals surface area contributed by atoms with Crippen LogP contribution in [0.1, 0.15) is 5.56 Å². The predicted molar refractivity (Wildman–Crippen MR) is 57.2 cm³/mol. The van der Waals surface area contributed by atoms with Crippen molar-refractivity contribution < 1.29 is 14.9 Å². The van der Waals surface area contributed by atoms with Crippen LogP contribution in [0.2, 0.25) is 0 Å². The summed E-state index contributed by atoms with van der Waals surface area (Å²) < 4.78 is 4.82. The van der Waals surface area contributed by atoms with Crippen LogP contribution in [0.4, 0.5) is 0 Å². The minimum Gasteiger partial charge on any atom is -0.504 e. The lowest BCUT2D eigenvalue weighted by Crippen LogP contribution is -2.14. The highest BCUT2D eigenvalue weighted by molar-refractivity contribution is 5.98. The van der Waals surface area contributed by atoms with Gasteiger partial charge in [-0.05, 0) is 18.2 Å². The van der Waals surface area contributed by atoms with E-state index < -0.39 is 0 Å². The van der Waals surface area contributed by atoms with E-state index in [4.69, 9.17) is 15.6 Å². The maximum absolute atomic E-state index is 9.24. The lowest BCUT2D eigenvalue weighted by Gasteiger charge is -2.03. The number of nitrogens with zero attached hydrogens (tertiary/aromatic N) is 1. The van der Waals surface area contributed by atoms with Crippen LogP contribution in [-0.2, 0) is 4.74 Å². The number of rotatable bonds is 4. The summed E-state index contributed by atoms with van der Waals surface area (Å²) in [6.07, 6.45) is 0. The van der Waals surface area contributed by atoms with Crippen LogP contribution in [0.5, 0.6) is 11.5 Å². The lowest BCUT2D eigenvalue weighted by atomic mass is 10.2. The monoisotopic (exact) mass is 210 g/mol. The Bertz CT molecular complexity index is 364. The Hall–Kier alpha value is -1.75. The number of hydrogen-bond donors (Lipinski definition) is 3. The zero-order chi connectivity index (χ0) is 11.3. The molecule has 0 bridgehead atoms. The molecule has 0 aliphatic heterocycles. The molecule has 0 fully saturated rings. The summed E-state index contributed by atoms with van der Waals surface area (Å²) in [6, 6.07) is 4.31. The van der Waals surface area contributed by atoms with E-state index in [1.54, 1.807) is 13.2 Å². The molecule has 0 heterocycles. The van der Waals surface area contributed by atoms with Gasteiger partial charge in [0.05, 0.1) is 13.2 Å². The molecular weight excluding hydrogens is 196 g/mol. The number of hydrogen-bond acceptors (Lipinski definition) is 4. The van der Waals surface area contributed by atoms with Gasteiger partial charge in [0.1, 0.15) is 5.84 Å². The summed E-state index contributed by atoms with van der Waals surface area (Å²) in [6.45, 7) is 0.953. The van der Waals surface area contributed by atoms with E-state index in [1.165, 1.54) is 12.1 Å². The van der Waals surface area contributed by atoms with E-state index >= 15 is 0 Å². The molecule has 0 amide bonds. The Labute approximate surface area is 87.8 Å². The highest BCUT2D eigenvalue weighted by Crippen LogP contribution is 2.24. The number of methoxy groups -OCH3 is 1. The molecule has 0 aromatic heterocycles. The fourth-order valence-corrected chi connectivity index (χ4v) is 1.03. The molecular formula is C10H14N2O3. The van der Waals surface area contributed by atoms with E-state index in [1.807, 2.05) is 0 Å². The molecule has 0 saturated heterocycles. The van der Waals surface area contributed by atoms with E-state index in [9.17, 15) is 5.11 Å². The van der Waals surface area contributed by atoms with Gasteiger partial charge in [-0.1, -0.05) is 0 Å². The summed E-state index contributed by atoms with van der Waals surface area (Å²) in [7, 11) is 1.58. The van der Waals surface area contributed by atoms with E-state index in [-0.39, 0.29) is 11.5 Å². The number of benzene rings is 1. The molecule has 1 aromatic rings. The number of nitrogens with two attached hydrogens (primary N) is 1. The quantitative estimate of drug-likeness (QED) is 0.291. The van der Waals surface area contributed by atoms with Crippen molar-refractivity contribution in [2.75, 3.05) is 20.3 Å². The third-order valence-corrected chi connectivity index (χ3v) is 1.85. The van der Waals surface area contributed by atoms with Crippen LogP contribution in [0, 0.1) is 0 Å². The molecule has 0 atom stereocenters. The topological polar surface area (TPSA) is 88.1 Å². The molecule has 5 heteroatoms. The average molecular weight is 210 g/mol. The van der Waals surface area contributed by atoms with Gasteiger partial charge >= 0.3 is 0 Å².